The molecule has 1 atom stereocenters. The first-order chi connectivity index (χ1) is 16.2. The fourth-order valence-corrected chi connectivity index (χ4v) is 3.94. The molecule has 0 radical (unpaired) electrons. The fourth-order valence-electron chi connectivity index (χ4n) is 3.02. The monoisotopic (exact) mass is 507 g/mol. The molecule has 0 N–H and O–H groups in total. The maximum absolute atomic E-state index is 12.7. The Morgan fingerprint density at radius 2 is 1.74 bits per heavy atom. The molecule has 1 heterocycles. The smallest absolute Gasteiger partial charge is 0.273 e. The minimum Gasteiger partial charge on any atom is -0.493 e. The predicted molar refractivity (Wildman–Crippen MR) is 130 cm³/mol. The second-order valence-corrected chi connectivity index (χ2v) is 9.80. The molecule has 3 rings (SSSR count). The van der Waals surface area contributed by atoms with Crippen LogP contribution in [0.5, 0.6) is 17.2 Å². The van der Waals surface area contributed by atoms with Crippen molar-refractivity contribution in [3.63, 3.8) is 0 Å². The summed E-state index contributed by atoms with van der Waals surface area (Å²) in [4.78, 5) is 12.7. The van der Waals surface area contributed by atoms with E-state index in [0.29, 0.717) is 33.5 Å². The zero-order valence-electron chi connectivity index (χ0n) is 19.1. The van der Waals surface area contributed by atoms with Gasteiger partial charge < -0.3 is 14.2 Å². The number of nitrogens with zero attached hydrogens (tertiary/aromatic N) is 1. The van der Waals surface area contributed by atoms with Gasteiger partial charge in [-0.3, -0.25) is 13.5 Å². The summed E-state index contributed by atoms with van der Waals surface area (Å²) >= 11 is 5.87. The topological polar surface area (TPSA) is 93.1 Å². The highest BCUT2D eigenvalue weighted by Crippen LogP contribution is 2.29. The number of benzene rings is 2. The van der Waals surface area contributed by atoms with E-state index >= 15 is 0 Å². The summed E-state index contributed by atoms with van der Waals surface area (Å²) in [6.07, 6.45) is 1.65. The van der Waals surface area contributed by atoms with E-state index in [1.165, 1.54) is 24.7 Å². The van der Waals surface area contributed by atoms with Crippen molar-refractivity contribution in [2.24, 2.45) is 0 Å². The van der Waals surface area contributed by atoms with Crippen molar-refractivity contribution in [3.05, 3.63) is 81.7 Å². The molecule has 0 spiro atoms. The van der Waals surface area contributed by atoms with Crippen molar-refractivity contribution in [2.75, 3.05) is 20.3 Å². The van der Waals surface area contributed by atoms with Crippen LogP contribution >= 0.6 is 11.6 Å². The lowest BCUT2D eigenvalue weighted by Gasteiger charge is -2.16. The van der Waals surface area contributed by atoms with Crippen LogP contribution in [0.1, 0.15) is 19.4 Å². The molecule has 0 amide bonds. The van der Waals surface area contributed by atoms with E-state index < -0.39 is 15.4 Å². The van der Waals surface area contributed by atoms with Crippen LogP contribution in [0.3, 0.4) is 0 Å². The maximum atomic E-state index is 12.7. The Hall–Kier alpha value is -3.01. The number of rotatable bonds is 11. The van der Waals surface area contributed by atoms with Gasteiger partial charge >= 0.3 is 0 Å². The Morgan fingerprint density at radius 3 is 2.38 bits per heavy atom. The first kappa shape index (κ1) is 25.6. The molecule has 1 aromatic heterocycles. The van der Waals surface area contributed by atoms with Crippen molar-refractivity contribution >= 4 is 21.7 Å². The Balaban J connectivity index is 1.71. The number of hydrogen-bond donors (Lipinski definition) is 0. The molecule has 0 aliphatic rings. The second-order valence-electron chi connectivity index (χ2n) is 7.34. The molecule has 10 heteroatoms. The summed E-state index contributed by atoms with van der Waals surface area (Å²) in [6, 6.07) is 15.2. The first-order valence-corrected chi connectivity index (χ1v) is 12.4. The molecule has 0 saturated carbocycles. The third-order valence-electron chi connectivity index (χ3n) is 4.88. The zero-order chi connectivity index (χ0) is 24.7. The molecule has 182 valence electrons. The lowest BCUT2D eigenvalue weighted by molar-refractivity contribution is 0.277. The maximum Gasteiger partial charge on any atom is 0.273 e. The lowest BCUT2D eigenvalue weighted by atomic mass is 10.2. The van der Waals surface area contributed by atoms with E-state index in [4.69, 9.17) is 30.0 Å². The number of pyridine rings is 1. The van der Waals surface area contributed by atoms with Crippen LogP contribution in [-0.2, 0) is 20.9 Å². The van der Waals surface area contributed by atoms with Gasteiger partial charge in [0.25, 0.3) is 15.7 Å². The molecule has 0 fully saturated rings. The van der Waals surface area contributed by atoms with Crippen LogP contribution < -0.4 is 19.8 Å². The highest BCUT2D eigenvalue weighted by molar-refractivity contribution is 7.87. The molecule has 8 nitrogen and oxygen atoms in total. The molecule has 0 unspecified atom stereocenters. The van der Waals surface area contributed by atoms with Gasteiger partial charge in [-0.2, -0.15) is 8.42 Å². The number of methoxy groups -OCH3 is 1. The number of aromatic nitrogens is 1. The van der Waals surface area contributed by atoms with Crippen molar-refractivity contribution in [3.8, 4) is 22.9 Å². The van der Waals surface area contributed by atoms with Crippen molar-refractivity contribution in [1.82, 2.24) is 4.57 Å². The first-order valence-electron chi connectivity index (χ1n) is 10.5. The van der Waals surface area contributed by atoms with Crippen molar-refractivity contribution < 1.29 is 26.8 Å². The number of hydrogen-bond acceptors (Lipinski definition) is 7. The summed E-state index contributed by atoms with van der Waals surface area (Å²) in [5, 5.41) is -0.242. The van der Waals surface area contributed by atoms with Gasteiger partial charge in [0.15, 0.2) is 11.5 Å². The van der Waals surface area contributed by atoms with Crippen LogP contribution in [0.15, 0.2) is 65.6 Å². The summed E-state index contributed by atoms with van der Waals surface area (Å²) in [6.45, 7) is 3.29. The Bertz CT molecular complexity index is 1270. The highest BCUT2D eigenvalue weighted by Gasteiger charge is 2.22. The third kappa shape index (κ3) is 6.53. The van der Waals surface area contributed by atoms with E-state index in [0.717, 1.165) is 0 Å². The number of halogens is 1. The van der Waals surface area contributed by atoms with Gasteiger partial charge in [-0.15, -0.1) is 0 Å². The third-order valence-corrected chi connectivity index (χ3v) is 6.81. The highest BCUT2D eigenvalue weighted by atomic mass is 35.5. The summed E-state index contributed by atoms with van der Waals surface area (Å²) in [7, 11) is -2.25. The summed E-state index contributed by atoms with van der Waals surface area (Å²) in [5.74, 6) is 1.36. The molecule has 34 heavy (non-hydrogen) atoms. The van der Waals surface area contributed by atoms with Gasteiger partial charge in [-0.1, -0.05) is 11.6 Å². The van der Waals surface area contributed by atoms with Crippen LogP contribution in [0.2, 0.25) is 5.02 Å². The molecule has 0 aliphatic heterocycles. The quantitative estimate of drug-likeness (QED) is 0.359. The van der Waals surface area contributed by atoms with E-state index in [1.54, 1.807) is 61.7 Å². The minimum absolute atomic E-state index is 0.0610. The fraction of sp³-hybridized carbons (Fsp3) is 0.292. The minimum atomic E-state index is -3.71. The van der Waals surface area contributed by atoms with Gasteiger partial charge in [0.2, 0.25) is 0 Å². The molecular weight excluding hydrogens is 482 g/mol. The van der Waals surface area contributed by atoms with E-state index in [2.05, 4.69) is 0 Å². The number of ether oxygens (including phenoxy) is 3. The van der Waals surface area contributed by atoms with Crippen LogP contribution in [-0.4, -0.2) is 38.6 Å². The van der Waals surface area contributed by atoms with E-state index in [9.17, 15) is 13.2 Å². The standard InChI is InChI=1S/C24H26ClNO7S/c1-4-33-34(28,29)17(2)15-32-22-10-7-20(14-23(22)30-3)26-12-11-18(13-24(26)27)16-31-21-8-5-19(25)6-9-21/h5-14,17H,4,15-16H2,1-3H3/t17-/m0/s1. The van der Waals surface area contributed by atoms with Gasteiger partial charge in [0.1, 0.15) is 24.2 Å². The van der Waals surface area contributed by atoms with E-state index in [1.807, 2.05) is 0 Å². The van der Waals surface area contributed by atoms with Crippen molar-refractivity contribution in [1.29, 1.82) is 0 Å². The van der Waals surface area contributed by atoms with Crippen molar-refractivity contribution in [2.45, 2.75) is 25.7 Å². The van der Waals surface area contributed by atoms with Crippen LogP contribution in [0, 0.1) is 0 Å². The second kappa shape index (κ2) is 11.4. The molecular formula is C24H26ClNO7S. The van der Waals surface area contributed by atoms with Gasteiger partial charge in [0, 0.05) is 23.4 Å². The predicted octanol–water partition coefficient (Wildman–Crippen LogP) is 4.21. The molecule has 0 aliphatic carbocycles. The lowest BCUT2D eigenvalue weighted by Crippen LogP contribution is -2.27. The van der Waals surface area contributed by atoms with Gasteiger partial charge in [0.05, 0.1) is 19.4 Å². The largest absolute Gasteiger partial charge is 0.493 e. The average molecular weight is 508 g/mol. The molecule has 0 bridgehead atoms. The molecule has 3 aromatic rings. The summed E-state index contributed by atoms with van der Waals surface area (Å²) in [5.41, 5.74) is 1.03. The Kier molecular flexibility index (Phi) is 8.60. The summed E-state index contributed by atoms with van der Waals surface area (Å²) < 4.78 is 46.9. The SMILES string of the molecule is CCOS(=O)(=O)[C@@H](C)COc1ccc(-n2ccc(COc3ccc(Cl)cc3)cc2=O)cc1OC. The Labute approximate surface area is 203 Å². The average Bonchev–Trinajstić information content (AvgIpc) is 2.82. The van der Waals surface area contributed by atoms with Gasteiger partial charge in [-0.25, -0.2) is 0 Å². The van der Waals surface area contributed by atoms with E-state index in [-0.39, 0.29) is 25.4 Å². The molecule has 2 aromatic carbocycles. The van der Waals surface area contributed by atoms with Gasteiger partial charge in [-0.05, 0) is 61.9 Å². The van der Waals surface area contributed by atoms with Crippen LogP contribution in [0.25, 0.3) is 5.69 Å². The Morgan fingerprint density at radius 1 is 1.00 bits per heavy atom. The normalized spacial score (nSPS) is 12.2. The molecule has 0 saturated heterocycles. The zero-order valence-corrected chi connectivity index (χ0v) is 20.6. The van der Waals surface area contributed by atoms with Crippen LogP contribution in [0.4, 0.5) is 0 Å².